The molecule has 3 amide bonds. The molecule has 2 aliphatic rings. The topological polar surface area (TPSA) is 52.7 Å². The molecule has 2 heterocycles. The Bertz CT molecular complexity index is 582. The molecule has 0 radical (unpaired) electrons. The summed E-state index contributed by atoms with van der Waals surface area (Å²) in [5, 5.41) is 2.96. The Morgan fingerprint density at radius 3 is 2.25 bits per heavy atom. The number of carbonyl (C=O) groups is 2. The second kappa shape index (κ2) is 7.34. The molecule has 5 heteroatoms. The van der Waals surface area contributed by atoms with Crippen LogP contribution in [-0.2, 0) is 10.3 Å². The number of carbonyl (C=O) groups excluding carboxylic acids is 2. The average Bonchev–Trinajstić information content (AvgIpc) is 2.82. The number of hydrogen-bond acceptors (Lipinski definition) is 3. The van der Waals surface area contributed by atoms with Gasteiger partial charge in [-0.3, -0.25) is 9.69 Å². The molecule has 0 saturated carbocycles. The number of likely N-dealkylation sites (tertiary alicyclic amines) is 1. The zero-order valence-electron chi connectivity index (χ0n) is 14.5. The quantitative estimate of drug-likeness (QED) is 0.864. The van der Waals surface area contributed by atoms with E-state index in [2.05, 4.69) is 10.2 Å². The van der Waals surface area contributed by atoms with Gasteiger partial charge in [-0.1, -0.05) is 56.5 Å². The van der Waals surface area contributed by atoms with E-state index < -0.39 is 5.54 Å². The summed E-state index contributed by atoms with van der Waals surface area (Å²) in [4.78, 5) is 29.3. The molecule has 0 bridgehead atoms. The fourth-order valence-corrected chi connectivity index (χ4v) is 3.77. The van der Waals surface area contributed by atoms with Crippen molar-refractivity contribution in [2.75, 3.05) is 19.8 Å². The van der Waals surface area contributed by atoms with Gasteiger partial charge in [-0.2, -0.15) is 0 Å². The minimum Gasteiger partial charge on any atom is -0.319 e. The lowest BCUT2D eigenvalue weighted by molar-refractivity contribution is -0.133. The predicted octanol–water partition coefficient (Wildman–Crippen LogP) is 3.07. The van der Waals surface area contributed by atoms with Crippen LogP contribution in [0.4, 0.5) is 4.79 Å². The Labute approximate surface area is 144 Å². The largest absolute Gasteiger partial charge is 0.326 e. The maximum atomic E-state index is 13.1. The molecule has 130 valence electrons. The van der Waals surface area contributed by atoms with Crippen LogP contribution in [0.5, 0.6) is 0 Å². The highest BCUT2D eigenvalue weighted by Gasteiger charge is 2.51. The molecule has 0 spiro atoms. The highest BCUT2D eigenvalue weighted by molar-refractivity contribution is 6.07. The number of nitrogens with one attached hydrogen (secondary N) is 1. The second-order valence-electron chi connectivity index (χ2n) is 6.82. The second-order valence-corrected chi connectivity index (χ2v) is 6.82. The van der Waals surface area contributed by atoms with Gasteiger partial charge in [0.25, 0.3) is 5.91 Å². The molecule has 0 aliphatic carbocycles. The molecular weight excluding hydrogens is 302 g/mol. The molecule has 1 atom stereocenters. The van der Waals surface area contributed by atoms with Crippen molar-refractivity contribution in [2.45, 2.75) is 51.0 Å². The summed E-state index contributed by atoms with van der Waals surface area (Å²) in [6.45, 7) is 4.27. The van der Waals surface area contributed by atoms with Crippen molar-refractivity contribution in [1.82, 2.24) is 15.1 Å². The molecule has 1 aromatic carbocycles. The van der Waals surface area contributed by atoms with Crippen LogP contribution < -0.4 is 5.32 Å². The van der Waals surface area contributed by atoms with Crippen LogP contribution in [0.2, 0.25) is 0 Å². The van der Waals surface area contributed by atoms with Crippen LogP contribution in [0.15, 0.2) is 30.3 Å². The maximum absolute atomic E-state index is 13.1. The fraction of sp³-hybridized carbons (Fsp3) is 0.579. The van der Waals surface area contributed by atoms with Crippen molar-refractivity contribution >= 4 is 11.9 Å². The number of hydrogen-bond donors (Lipinski definition) is 1. The first-order valence-corrected chi connectivity index (χ1v) is 9.09. The monoisotopic (exact) mass is 329 g/mol. The Morgan fingerprint density at radius 2 is 1.62 bits per heavy atom. The van der Waals surface area contributed by atoms with E-state index in [0.717, 1.165) is 31.5 Å². The molecule has 0 aromatic heterocycles. The SMILES string of the molecule is CC[C@@]1(c2ccccc2)NC(=O)N(CN2CCCCCCC2)C1=O. The van der Waals surface area contributed by atoms with Crippen molar-refractivity contribution in [2.24, 2.45) is 0 Å². The van der Waals surface area contributed by atoms with Crippen LogP contribution in [0.1, 0.15) is 51.0 Å². The van der Waals surface area contributed by atoms with Gasteiger partial charge in [0.05, 0.1) is 6.67 Å². The lowest BCUT2D eigenvalue weighted by Gasteiger charge is -2.29. The van der Waals surface area contributed by atoms with Gasteiger partial charge >= 0.3 is 6.03 Å². The Morgan fingerprint density at radius 1 is 1.00 bits per heavy atom. The summed E-state index contributed by atoms with van der Waals surface area (Å²) >= 11 is 0. The average molecular weight is 329 g/mol. The molecule has 2 aliphatic heterocycles. The molecule has 5 nitrogen and oxygen atoms in total. The van der Waals surface area contributed by atoms with E-state index in [4.69, 9.17) is 0 Å². The number of rotatable bonds is 4. The lowest BCUT2D eigenvalue weighted by Crippen LogP contribution is -2.45. The highest BCUT2D eigenvalue weighted by Crippen LogP contribution is 2.32. The third kappa shape index (κ3) is 3.18. The molecule has 2 fully saturated rings. The number of nitrogens with zero attached hydrogens (tertiary/aromatic N) is 2. The Kier molecular flexibility index (Phi) is 5.19. The molecule has 2 saturated heterocycles. The van der Waals surface area contributed by atoms with Gasteiger partial charge in [0, 0.05) is 0 Å². The molecule has 0 unspecified atom stereocenters. The van der Waals surface area contributed by atoms with E-state index in [0.29, 0.717) is 13.1 Å². The number of amides is 3. The minimum atomic E-state index is -0.916. The summed E-state index contributed by atoms with van der Waals surface area (Å²) in [6, 6.07) is 9.31. The van der Waals surface area contributed by atoms with Gasteiger partial charge in [0.1, 0.15) is 5.54 Å². The molecule has 1 aromatic rings. The zero-order valence-corrected chi connectivity index (χ0v) is 14.5. The summed E-state index contributed by atoms with van der Waals surface area (Å²) in [7, 11) is 0. The fourth-order valence-electron chi connectivity index (χ4n) is 3.77. The van der Waals surface area contributed by atoms with Crippen molar-refractivity contribution in [1.29, 1.82) is 0 Å². The standard InChI is InChI=1S/C19H27N3O2/c1-2-19(16-11-7-6-8-12-16)17(23)22(18(24)20-19)15-21-13-9-4-3-5-10-14-21/h6-8,11-12H,2-5,9-10,13-15H2,1H3,(H,20,24)/t19-/m0/s1. The number of urea groups is 1. The van der Waals surface area contributed by atoms with Gasteiger partial charge in [-0.25, -0.2) is 9.69 Å². The van der Waals surface area contributed by atoms with Gasteiger partial charge in [0.15, 0.2) is 0 Å². The van der Waals surface area contributed by atoms with Crippen LogP contribution in [0.3, 0.4) is 0 Å². The van der Waals surface area contributed by atoms with E-state index >= 15 is 0 Å². The first-order valence-electron chi connectivity index (χ1n) is 9.09. The van der Waals surface area contributed by atoms with E-state index in [1.54, 1.807) is 0 Å². The third-order valence-electron chi connectivity index (χ3n) is 5.26. The van der Waals surface area contributed by atoms with Gasteiger partial charge in [0.2, 0.25) is 0 Å². The van der Waals surface area contributed by atoms with Crippen molar-refractivity contribution in [3.63, 3.8) is 0 Å². The van der Waals surface area contributed by atoms with E-state index in [1.807, 2.05) is 37.3 Å². The van der Waals surface area contributed by atoms with Crippen molar-refractivity contribution in [3.8, 4) is 0 Å². The predicted molar refractivity (Wildman–Crippen MR) is 93.3 cm³/mol. The van der Waals surface area contributed by atoms with E-state index in [-0.39, 0.29) is 11.9 Å². The summed E-state index contributed by atoms with van der Waals surface area (Å²) < 4.78 is 0. The van der Waals surface area contributed by atoms with Crippen molar-refractivity contribution < 1.29 is 9.59 Å². The first kappa shape index (κ1) is 17.0. The van der Waals surface area contributed by atoms with Crippen LogP contribution in [-0.4, -0.2) is 41.5 Å². The Hall–Kier alpha value is -1.88. The van der Waals surface area contributed by atoms with Crippen LogP contribution in [0.25, 0.3) is 0 Å². The highest BCUT2D eigenvalue weighted by atomic mass is 16.2. The molecule has 1 N–H and O–H groups in total. The number of imide groups is 1. The van der Waals surface area contributed by atoms with Crippen molar-refractivity contribution in [3.05, 3.63) is 35.9 Å². The smallest absolute Gasteiger partial charge is 0.319 e. The normalized spacial score (nSPS) is 26.1. The van der Waals surface area contributed by atoms with Crippen LogP contribution in [0, 0.1) is 0 Å². The zero-order chi connectivity index (χ0) is 17.0. The minimum absolute atomic E-state index is 0.122. The van der Waals surface area contributed by atoms with Gasteiger partial charge in [-0.15, -0.1) is 0 Å². The number of benzene rings is 1. The maximum Gasteiger partial charge on any atom is 0.326 e. The first-order chi connectivity index (χ1) is 11.7. The summed E-state index contributed by atoms with van der Waals surface area (Å²) in [5.74, 6) is -0.122. The summed E-state index contributed by atoms with van der Waals surface area (Å²) in [6.07, 6.45) is 6.60. The Balaban J connectivity index is 1.78. The van der Waals surface area contributed by atoms with Crippen LogP contribution >= 0.6 is 0 Å². The van der Waals surface area contributed by atoms with Gasteiger partial charge < -0.3 is 5.32 Å². The molecule has 3 rings (SSSR count). The molecular formula is C19H27N3O2. The van der Waals surface area contributed by atoms with Gasteiger partial charge in [-0.05, 0) is 37.9 Å². The van der Waals surface area contributed by atoms with E-state index in [9.17, 15) is 9.59 Å². The summed E-state index contributed by atoms with van der Waals surface area (Å²) in [5.41, 5.74) is -0.0535. The molecule has 24 heavy (non-hydrogen) atoms. The lowest BCUT2D eigenvalue weighted by atomic mass is 9.87. The third-order valence-corrected chi connectivity index (χ3v) is 5.26. The van der Waals surface area contributed by atoms with E-state index in [1.165, 1.54) is 24.2 Å².